The summed E-state index contributed by atoms with van der Waals surface area (Å²) in [6.45, 7) is 3.40. The lowest BCUT2D eigenvalue weighted by Gasteiger charge is -2.02. The summed E-state index contributed by atoms with van der Waals surface area (Å²) < 4.78 is 12.9. The van der Waals surface area contributed by atoms with Crippen molar-refractivity contribution in [1.29, 1.82) is 10.8 Å². The van der Waals surface area contributed by atoms with E-state index in [1.165, 1.54) is 0 Å². The minimum atomic E-state index is -0.194. The Kier molecular flexibility index (Phi) is 5.14. The molecule has 0 aliphatic rings. The summed E-state index contributed by atoms with van der Waals surface area (Å²) in [6.07, 6.45) is 1.83. The summed E-state index contributed by atoms with van der Waals surface area (Å²) in [4.78, 5) is 0. The molecule has 0 aromatic heterocycles. The number of halogens is 1. The smallest absolute Gasteiger partial charge is 0.131 e. The average Bonchev–Trinajstić information content (AvgIpc) is 2.21. The van der Waals surface area contributed by atoms with Gasteiger partial charge in [0.1, 0.15) is 5.82 Å². The molecule has 0 radical (unpaired) electrons. The number of hydrogen-bond acceptors (Lipinski definition) is 3. The minimum absolute atomic E-state index is 0.194. The van der Waals surface area contributed by atoms with Gasteiger partial charge in [0.15, 0.2) is 0 Å². The predicted molar refractivity (Wildman–Crippen MR) is 57.9 cm³/mol. The van der Waals surface area contributed by atoms with Crippen LogP contribution in [-0.4, -0.2) is 12.4 Å². The molecule has 14 heavy (non-hydrogen) atoms. The molecule has 3 nitrogen and oxygen atoms in total. The number of aryl methyl sites for hydroxylation is 1. The summed E-state index contributed by atoms with van der Waals surface area (Å²) in [5.74, 6) is -0.194. The molecule has 0 spiro atoms. The lowest BCUT2D eigenvalue weighted by molar-refractivity contribution is 0.610. The fourth-order valence-corrected chi connectivity index (χ4v) is 0.835. The second-order valence-corrected chi connectivity index (χ2v) is 2.74. The third-order valence-corrected chi connectivity index (χ3v) is 1.70. The SMILES string of the molecule is Cc1ccc(N)c(C)c1F.N=CC=N. The maximum atomic E-state index is 12.9. The van der Waals surface area contributed by atoms with Gasteiger partial charge in [-0.2, -0.15) is 0 Å². The zero-order valence-corrected chi connectivity index (χ0v) is 8.26. The van der Waals surface area contributed by atoms with E-state index in [1.54, 1.807) is 26.0 Å². The summed E-state index contributed by atoms with van der Waals surface area (Å²) in [5.41, 5.74) is 7.15. The zero-order chi connectivity index (χ0) is 11.1. The van der Waals surface area contributed by atoms with Crippen molar-refractivity contribution in [2.75, 3.05) is 5.73 Å². The van der Waals surface area contributed by atoms with Crippen LogP contribution >= 0.6 is 0 Å². The summed E-state index contributed by atoms with van der Waals surface area (Å²) in [6, 6.07) is 3.39. The van der Waals surface area contributed by atoms with Crippen LogP contribution in [0.5, 0.6) is 0 Å². The Hall–Kier alpha value is -1.71. The van der Waals surface area contributed by atoms with Gasteiger partial charge in [0, 0.05) is 23.7 Å². The Labute approximate surface area is 82.8 Å². The van der Waals surface area contributed by atoms with E-state index in [1.807, 2.05) is 0 Å². The number of nitrogens with one attached hydrogen (secondary N) is 2. The second-order valence-electron chi connectivity index (χ2n) is 2.74. The Morgan fingerprint density at radius 3 is 2.07 bits per heavy atom. The molecular weight excluding hydrogens is 181 g/mol. The first-order valence-electron chi connectivity index (χ1n) is 4.05. The maximum absolute atomic E-state index is 12.9. The van der Waals surface area contributed by atoms with Crippen molar-refractivity contribution < 1.29 is 4.39 Å². The Balaban J connectivity index is 0.000000364. The molecule has 0 aliphatic heterocycles. The van der Waals surface area contributed by atoms with Crippen LogP contribution in [0.3, 0.4) is 0 Å². The van der Waals surface area contributed by atoms with Gasteiger partial charge in [-0.05, 0) is 25.5 Å². The van der Waals surface area contributed by atoms with Crippen molar-refractivity contribution in [2.24, 2.45) is 0 Å². The van der Waals surface area contributed by atoms with E-state index in [2.05, 4.69) is 0 Å². The normalized spacial score (nSPS) is 8.50. The number of nitrogen functional groups attached to an aromatic ring is 1. The number of hydrogen-bond donors (Lipinski definition) is 3. The molecule has 0 saturated carbocycles. The third kappa shape index (κ3) is 3.35. The monoisotopic (exact) mass is 195 g/mol. The molecule has 1 rings (SSSR count). The number of benzene rings is 1. The molecular formula is C10H14FN3. The largest absolute Gasteiger partial charge is 0.398 e. The summed E-state index contributed by atoms with van der Waals surface area (Å²) >= 11 is 0. The van der Waals surface area contributed by atoms with Crippen LogP contribution in [0.4, 0.5) is 10.1 Å². The maximum Gasteiger partial charge on any atom is 0.131 e. The molecule has 0 unspecified atom stereocenters. The fraction of sp³-hybridized carbons (Fsp3) is 0.200. The Morgan fingerprint density at radius 1 is 1.21 bits per heavy atom. The highest BCUT2D eigenvalue weighted by Crippen LogP contribution is 2.17. The van der Waals surface area contributed by atoms with E-state index in [0.29, 0.717) is 16.8 Å². The number of anilines is 1. The topological polar surface area (TPSA) is 73.7 Å². The molecule has 0 aliphatic carbocycles. The van der Waals surface area contributed by atoms with E-state index >= 15 is 0 Å². The van der Waals surface area contributed by atoms with E-state index in [9.17, 15) is 4.39 Å². The van der Waals surface area contributed by atoms with Crippen LogP contribution in [0, 0.1) is 30.5 Å². The molecule has 0 bridgehead atoms. The van der Waals surface area contributed by atoms with E-state index in [4.69, 9.17) is 16.6 Å². The predicted octanol–water partition coefficient (Wildman–Crippen LogP) is 2.31. The van der Waals surface area contributed by atoms with Crippen molar-refractivity contribution in [3.63, 3.8) is 0 Å². The fourth-order valence-electron chi connectivity index (χ4n) is 0.835. The number of rotatable bonds is 1. The van der Waals surface area contributed by atoms with E-state index in [-0.39, 0.29) is 5.82 Å². The minimum Gasteiger partial charge on any atom is -0.398 e. The van der Waals surface area contributed by atoms with Gasteiger partial charge >= 0.3 is 0 Å². The van der Waals surface area contributed by atoms with Gasteiger partial charge in [0.25, 0.3) is 0 Å². The molecule has 1 aromatic rings. The van der Waals surface area contributed by atoms with Gasteiger partial charge in [0.05, 0.1) is 0 Å². The molecule has 4 N–H and O–H groups in total. The van der Waals surface area contributed by atoms with Crippen LogP contribution in [0.1, 0.15) is 11.1 Å². The molecule has 4 heteroatoms. The highest BCUT2D eigenvalue weighted by atomic mass is 19.1. The van der Waals surface area contributed by atoms with Crippen LogP contribution < -0.4 is 5.73 Å². The van der Waals surface area contributed by atoms with Crippen LogP contribution in [0.2, 0.25) is 0 Å². The standard InChI is InChI=1S/C8H10FN.C2H4N2/c1-5-3-4-7(10)6(2)8(5)9;3-1-2-4/h3-4H,10H2,1-2H3;1-4H. The van der Waals surface area contributed by atoms with Gasteiger partial charge < -0.3 is 16.6 Å². The summed E-state index contributed by atoms with van der Waals surface area (Å²) in [5, 5.41) is 12.2. The van der Waals surface area contributed by atoms with Crippen molar-refractivity contribution >= 4 is 18.1 Å². The van der Waals surface area contributed by atoms with Gasteiger partial charge in [0.2, 0.25) is 0 Å². The molecule has 0 fully saturated rings. The molecule has 1 aromatic carbocycles. The average molecular weight is 195 g/mol. The lowest BCUT2D eigenvalue weighted by Crippen LogP contribution is -1.94. The first-order chi connectivity index (χ1) is 6.54. The molecule has 76 valence electrons. The second kappa shape index (κ2) is 5.85. The van der Waals surface area contributed by atoms with Crippen LogP contribution in [-0.2, 0) is 0 Å². The summed E-state index contributed by atoms with van der Waals surface area (Å²) in [7, 11) is 0. The van der Waals surface area contributed by atoms with Gasteiger partial charge in [-0.15, -0.1) is 0 Å². The number of nitrogens with two attached hydrogens (primary N) is 1. The van der Waals surface area contributed by atoms with Crippen LogP contribution in [0.25, 0.3) is 0 Å². The first-order valence-corrected chi connectivity index (χ1v) is 4.05. The van der Waals surface area contributed by atoms with Crippen molar-refractivity contribution in [1.82, 2.24) is 0 Å². The van der Waals surface area contributed by atoms with Gasteiger partial charge in [-0.25, -0.2) is 4.39 Å². The lowest BCUT2D eigenvalue weighted by atomic mass is 10.1. The molecule has 0 atom stereocenters. The Bertz CT molecular complexity index is 301. The van der Waals surface area contributed by atoms with Crippen molar-refractivity contribution in [3.8, 4) is 0 Å². The van der Waals surface area contributed by atoms with Crippen molar-refractivity contribution in [2.45, 2.75) is 13.8 Å². The zero-order valence-electron chi connectivity index (χ0n) is 8.26. The third-order valence-electron chi connectivity index (χ3n) is 1.70. The van der Waals surface area contributed by atoms with Crippen LogP contribution in [0.15, 0.2) is 12.1 Å². The highest BCUT2D eigenvalue weighted by molar-refractivity contribution is 6.12. The quantitative estimate of drug-likeness (QED) is 0.467. The molecule has 0 heterocycles. The first kappa shape index (κ1) is 12.3. The van der Waals surface area contributed by atoms with E-state index in [0.717, 1.165) is 12.4 Å². The van der Waals surface area contributed by atoms with Gasteiger partial charge in [-0.3, -0.25) is 0 Å². The highest BCUT2D eigenvalue weighted by Gasteiger charge is 2.02. The van der Waals surface area contributed by atoms with Crippen molar-refractivity contribution in [3.05, 3.63) is 29.1 Å². The molecule has 0 saturated heterocycles. The van der Waals surface area contributed by atoms with Gasteiger partial charge in [-0.1, -0.05) is 6.07 Å². The molecule has 0 amide bonds. The van der Waals surface area contributed by atoms with E-state index < -0.39 is 0 Å². The Morgan fingerprint density at radius 2 is 1.71 bits per heavy atom.